The third-order valence-corrected chi connectivity index (χ3v) is 3.04. The van der Waals surface area contributed by atoms with Crippen LogP contribution in [-0.2, 0) is 6.54 Å². The maximum atomic E-state index is 13.6. The van der Waals surface area contributed by atoms with Gasteiger partial charge in [0, 0.05) is 18.3 Å². The number of furan rings is 1. The molecule has 0 saturated carbocycles. The van der Waals surface area contributed by atoms with Crippen LogP contribution in [0.3, 0.4) is 0 Å². The SMILES string of the molecule is CC(=O)c1cc(F)c(C)cc1N(C)Cc1ccco1. The molecule has 0 amide bonds. The Morgan fingerprint density at radius 2 is 2.16 bits per heavy atom. The number of hydrogen-bond acceptors (Lipinski definition) is 3. The van der Waals surface area contributed by atoms with E-state index in [0.717, 1.165) is 5.76 Å². The normalized spacial score (nSPS) is 10.5. The average molecular weight is 261 g/mol. The third-order valence-electron chi connectivity index (χ3n) is 3.04. The molecule has 0 atom stereocenters. The Bertz CT molecular complexity index is 590. The molecule has 4 heteroatoms. The van der Waals surface area contributed by atoms with Gasteiger partial charge in [0.25, 0.3) is 0 Å². The topological polar surface area (TPSA) is 33.5 Å². The molecule has 1 aromatic carbocycles. The van der Waals surface area contributed by atoms with Crippen molar-refractivity contribution in [3.8, 4) is 0 Å². The van der Waals surface area contributed by atoms with Crippen LogP contribution in [0.15, 0.2) is 34.9 Å². The van der Waals surface area contributed by atoms with E-state index in [9.17, 15) is 9.18 Å². The van der Waals surface area contributed by atoms with Crippen LogP contribution in [0.1, 0.15) is 28.6 Å². The van der Waals surface area contributed by atoms with Gasteiger partial charge in [0.15, 0.2) is 5.78 Å². The highest BCUT2D eigenvalue weighted by molar-refractivity contribution is 5.99. The summed E-state index contributed by atoms with van der Waals surface area (Å²) < 4.78 is 18.9. The molecular formula is C15H16FNO2. The van der Waals surface area contributed by atoms with Gasteiger partial charge < -0.3 is 9.32 Å². The molecule has 100 valence electrons. The highest BCUT2D eigenvalue weighted by Gasteiger charge is 2.15. The molecule has 0 aliphatic rings. The van der Waals surface area contributed by atoms with Crippen LogP contribution in [-0.4, -0.2) is 12.8 Å². The first-order chi connectivity index (χ1) is 8.99. The lowest BCUT2D eigenvalue weighted by atomic mass is 10.0. The van der Waals surface area contributed by atoms with Crippen LogP contribution >= 0.6 is 0 Å². The van der Waals surface area contributed by atoms with Gasteiger partial charge in [-0.1, -0.05) is 0 Å². The fourth-order valence-corrected chi connectivity index (χ4v) is 1.99. The van der Waals surface area contributed by atoms with E-state index in [1.54, 1.807) is 19.3 Å². The Balaban J connectivity index is 2.37. The quantitative estimate of drug-likeness (QED) is 0.789. The number of hydrogen-bond donors (Lipinski definition) is 0. The number of benzene rings is 1. The standard InChI is InChI=1S/C15H16FNO2/c1-10-7-15(13(11(2)18)8-14(10)16)17(3)9-12-5-4-6-19-12/h4-8H,9H2,1-3H3. The predicted molar refractivity (Wildman–Crippen MR) is 72.0 cm³/mol. The Kier molecular flexibility index (Phi) is 3.69. The summed E-state index contributed by atoms with van der Waals surface area (Å²) in [4.78, 5) is 13.5. The predicted octanol–water partition coefficient (Wildman–Crippen LogP) is 3.57. The Morgan fingerprint density at radius 3 is 2.74 bits per heavy atom. The molecule has 1 aromatic heterocycles. The zero-order chi connectivity index (χ0) is 14.0. The number of ketones is 1. The molecular weight excluding hydrogens is 245 g/mol. The first kappa shape index (κ1) is 13.3. The zero-order valence-electron chi connectivity index (χ0n) is 11.2. The molecule has 3 nitrogen and oxygen atoms in total. The highest BCUT2D eigenvalue weighted by Crippen LogP contribution is 2.25. The van der Waals surface area contributed by atoms with Gasteiger partial charge in [-0.25, -0.2) is 4.39 Å². The summed E-state index contributed by atoms with van der Waals surface area (Å²) in [5.74, 6) is 0.277. The van der Waals surface area contributed by atoms with Gasteiger partial charge in [0.1, 0.15) is 11.6 Å². The van der Waals surface area contributed by atoms with E-state index in [2.05, 4.69) is 0 Å². The van der Waals surface area contributed by atoms with Crippen molar-refractivity contribution < 1.29 is 13.6 Å². The lowest BCUT2D eigenvalue weighted by molar-refractivity contribution is 0.101. The first-order valence-electron chi connectivity index (χ1n) is 6.03. The van der Waals surface area contributed by atoms with E-state index in [-0.39, 0.29) is 11.6 Å². The number of carbonyl (C=O) groups is 1. The number of Topliss-reactive ketones (excluding diaryl/α,β-unsaturated/α-hetero) is 1. The first-order valence-corrected chi connectivity index (χ1v) is 6.03. The summed E-state index contributed by atoms with van der Waals surface area (Å²) in [5.41, 5.74) is 1.62. The molecule has 0 fully saturated rings. The molecule has 2 aromatic rings. The van der Waals surface area contributed by atoms with Crippen LogP contribution in [0.5, 0.6) is 0 Å². The molecule has 0 unspecified atom stereocenters. The molecule has 0 aliphatic heterocycles. The van der Waals surface area contributed by atoms with Gasteiger partial charge in [-0.05, 0) is 43.7 Å². The van der Waals surface area contributed by atoms with Gasteiger partial charge in [0.2, 0.25) is 0 Å². The molecule has 0 saturated heterocycles. The Morgan fingerprint density at radius 1 is 1.42 bits per heavy atom. The summed E-state index contributed by atoms with van der Waals surface area (Å²) in [6.07, 6.45) is 1.60. The van der Waals surface area contributed by atoms with Crippen LogP contribution in [0.4, 0.5) is 10.1 Å². The van der Waals surface area contributed by atoms with Crippen LogP contribution in [0.2, 0.25) is 0 Å². The van der Waals surface area contributed by atoms with Crippen molar-refractivity contribution in [2.24, 2.45) is 0 Å². The second-order valence-corrected chi connectivity index (χ2v) is 4.61. The molecule has 0 spiro atoms. The van der Waals surface area contributed by atoms with Crippen LogP contribution in [0, 0.1) is 12.7 Å². The number of aryl methyl sites for hydroxylation is 1. The molecule has 2 rings (SSSR count). The summed E-state index contributed by atoms with van der Waals surface area (Å²) in [7, 11) is 1.85. The summed E-state index contributed by atoms with van der Waals surface area (Å²) in [5, 5.41) is 0. The van der Waals surface area contributed by atoms with E-state index in [4.69, 9.17) is 4.42 Å². The average Bonchev–Trinajstić information content (AvgIpc) is 2.84. The van der Waals surface area contributed by atoms with Crippen molar-refractivity contribution >= 4 is 11.5 Å². The van der Waals surface area contributed by atoms with E-state index in [1.807, 2.05) is 24.1 Å². The van der Waals surface area contributed by atoms with Crippen molar-refractivity contribution in [3.63, 3.8) is 0 Å². The number of carbonyl (C=O) groups excluding carboxylic acids is 1. The summed E-state index contributed by atoms with van der Waals surface area (Å²) in [6, 6.07) is 6.66. The van der Waals surface area contributed by atoms with Gasteiger partial charge in [-0.15, -0.1) is 0 Å². The zero-order valence-corrected chi connectivity index (χ0v) is 11.2. The smallest absolute Gasteiger partial charge is 0.161 e. The van der Waals surface area contributed by atoms with Crippen LogP contribution in [0.25, 0.3) is 0 Å². The summed E-state index contributed by atoms with van der Waals surface area (Å²) in [6.45, 7) is 3.65. The Labute approximate surface area is 111 Å². The fourth-order valence-electron chi connectivity index (χ4n) is 1.99. The van der Waals surface area contributed by atoms with E-state index in [0.29, 0.717) is 23.4 Å². The fraction of sp³-hybridized carbons (Fsp3) is 0.267. The van der Waals surface area contributed by atoms with Crippen molar-refractivity contribution in [1.82, 2.24) is 0 Å². The number of nitrogens with zero attached hydrogens (tertiary/aromatic N) is 1. The molecule has 0 aliphatic carbocycles. The monoisotopic (exact) mass is 261 g/mol. The number of anilines is 1. The van der Waals surface area contributed by atoms with E-state index in [1.165, 1.54) is 13.0 Å². The van der Waals surface area contributed by atoms with E-state index < -0.39 is 0 Å². The lowest BCUT2D eigenvalue weighted by Gasteiger charge is -2.21. The third kappa shape index (κ3) is 2.84. The van der Waals surface area contributed by atoms with Gasteiger partial charge in [-0.2, -0.15) is 0 Å². The minimum atomic E-state index is -0.361. The largest absolute Gasteiger partial charge is 0.467 e. The van der Waals surface area contributed by atoms with E-state index >= 15 is 0 Å². The second-order valence-electron chi connectivity index (χ2n) is 4.61. The minimum Gasteiger partial charge on any atom is -0.467 e. The molecule has 0 radical (unpaired) electrons. The highest BCUT2D eigenvalue weighted by atomic mass is 19.1. The number of halogens is 1. The Hall–Kier alpha value is -2.10. The second kappa shape index (κ2) is 5.26. The molecule has 1 heterocycles. The number of rotatable bonds is 4. The van der Waals surface area contributed by atoms with Crippen molar-refractivity contribution in [3.05, 3.63) is 53.2 Å². The van der Waals surface area contributed by atoms with Gasteiger partial charge in [0.05, 0.1) is 12.8 Å². The molecule has 0 bridgehead atoms. The summed E-state index contributed by atoms with van der Waals surface area (Å²) >= 11 is 0. The maximum Gasteiger partial charge on any atom is 0.161 e. The molecule has 0 N–H and O–H groups in total. The van der Waals surface area contributed by atoms with Crippen LogP contribution < -0.4 is 4.90 Å². The minimum absolute atomic E-state index is 0.153. The van der Waals surface area contributed by atoms with Gasteiger partial charge in [-0.3, -0.25) is 4.79 Å². The lowest BCUT2D eigenvalue weighted by Crippen LogP contribution is -2.19. The van der Waals surface area contributed by atoms with Crippen molar-refractivity contribution in [1.29, 1.82) is 0 Å². The van der Waals surface area contributed by atoms with Crippen molar-refractivity contribution in [2.75, 3.05) is 11.9 Å². The maximum absolute atomic E-state index is 13.6. The van der Waals surface area contributed by atoms with Gasteiger partial charge >= 0.3 is 0 Å². The molecule has 19 heavy (non-hydrogen) atoms. The van der Waals surface area contributed by atoms with Crippen molar-refractivity contribution in [2.45, 2.75) is 20.4 Å².